The van der Waals surface area contributed by atoms with E-state index < -0.39 is 5.91 Å². The van der Waals surface area contributed by atoms with Gasteiger partial charge in [-0.15, -0.1) is 0 Å². The van der Waals surface area contributed by atoms with Crippen LogP contribution in [0.1, 0.15) is 29.9 Å². The molecule has 0 radical (unpaired) electrons. The van der Waals surface area contributed by atoms with Crippen molar-refractivity contribution in [3.05, 3.63) is 27.9 Å². The highest BCUT2D eigenvalue weighted by Crippen LogP contribution is 2.36. The molecule has 2 aromatic rings. The minimum absolute atomic E-state index is 0.0122. The van der Waals surface area contributed by atoms with E-state index in [4.69, 9.17) is 15.2 Å². The third-order valence-electron chi connectivity index (χ3n) is 3.30. The lowest BCUT2D eigenvalue weighted by atomic mass is 10.2. The first kappa shape index (κ1) is 20.0. The smallest absolute Gasteiger partial charge is 0.277 e. The molecule has 0 bridgehead atoms. The van der Waals surface area contributed by atoms with Gasteiger partial charge in [-0.2, -0.15) is 0 Å². The number of hydrogen-bond acceptors (Lipinski definition) is 8. The second-order valence-electron chi connectivity index (χ2n) is 5.20. The maximum absolute atomic E-state index is 11.8. The van der Waals surface area contributed by atoms with Crippen LogP contribution in [0.15, 0.2) is 21.2 Å². The molecule has 9 nitrogen and oxygen atoms in total. The fraction of sp³-hybridized carbons (Fsp3) is 0.438. The second-order valence-corrected chi connectivity index (χ2v) is 6.06. The van der Waals surface area contributed by atoms with Gasteiger partial charge in [0.2, 0.25) is 11.5 Å². The number of amides is 1. The number of nitrogens with one attached hydrogen (secondary N) is 2. The standard InChI is InChI=1S/C16H22BrN5O4/c1-3-24-12-8-10(7-11(17)14(12)25-4-2)9-19-5-6-20-16(23)13-15(18)22-26-21-13/h7-8,19H,3-6,9H2,1-2H3,(H2,18,22)(H,20,23). The van der Waals surface area contributed by atoms with Crippen molar-refractivity contribution in [1.29, 1.82) is 0 Å². The Hall–Kier alpha value is -2.33. The van der Waals surface area contributed by atoms with Crippen molar-refractivity contribution < 1.29 is 18.9 Å². The zero-order valence-electron chi connectivity index (χ0n) is 14.7. The van der Waals surface area contributed by atoms with E-state index in [0.717, 1.165) is 10.0 Å². The highest BCUT2D eigenvalue weighted by atomic mass is 79.9. The van der Waals surface area contributed by atoms with Crippen molar-refractivity contribution in [3.8, 4) is 11.5 Å². The number of benzene rings is 1. The van der Waals surface area contributed by atoms with E-state index in [1.807, 2.05) is 26.0 Å². The molecule has 10 heteroatoms. The highest BCUT2D eigenvalue weighted by molar-refractivity contribution is 9.10. The molecule has 0 unspecified atom stereocenters. The quantitative estimate of drug-likeness (QED) is 0.489. The number of nitrogen functional groups attached to an aromatic ring is 1. The van der Waals surface area contributed by atoms with Gasteiger partial charge in [-0.3, -0.25) is 4.79 Å². The predicted molar refractivity (Wildman–Crippen MR) is 99.2 cm³/mol. The summed E-state index contributed by atoms with van der Waals surface area (Å²) in [6.07, 6.45) is 0. The number of rotatable bonds is 10. The maximum Gasteiger partial charge on any atom is 0.277 e. The average molecular weight is 428 g/mol. The third kappa shape index (κ3) is 5.33. The number of hydrogen-bond donors (Lipinski definition) is 3. The van der Waals surface area contributed by atoms with E-state index in [2.05, 4.69) is 41.5 Å². The maximum atomic E-state index is 11.8. The van der Waals surface area contributed by atoms with Crippen LogP contribution < -0.4 is 25.8 Å². The first-order valence-electron chi connectivity index (χ1n) is 8.21. The minimum atomic E-state index is -0.423. The Labute approximate surface area is 159 Å². The van der Waals surface area contributed by atoms with Crippen LogP contribution in [0.2, 0.25) is 0 Å². The molecule has 1 aromatic heterocycles. The fourth-order valence-corrected chi connectivity index (χ4v) is 2.81. The molecule has 1 aromatic carbocycles. The van der Waals surface area contributed by atoms with Crippen LogP contribution in [-0.4, -0.2) is 42.5 Å². The minimum Gasteiger partial charge on any atom is -0.490 e. The van der Waals surface area contributed by atoms with E-state index in [9.17, 15) is 4.79 Å². The van der Waals surface area contributed by atoms with Crippen LogP contribution >= 0.6 is 15.9 Å². The molecular weight excluding hydrogens is 406 g/mol. The van der Waals surface area contributed by atoms with Gasteiger partial charge in [0.1, 0.15) is 0 Å². The molecule has 1 heterocycles. The molecule has 0 aliphatic carbocycles. The number of carbonyl (C=O) groups is 1. The Morgan fingerprint density at radius 3 is 2.65 bits per heavy atom. The molecule has 0 atom stereocenters. The molecule has 0 saturated heterocycles. The van der Waals surface area contributed by atoms with Crippen LogP contribution in [0.3, 0.4) is 0 Å². The Morgan fingerprint density at radius 1 is 1.23 bits per heavy atom. The second kappa shape index (κ2) is 9.97. The van der Waals surface area contributed by atoms with Gasteiger partial charge >= 0.3 is 0 Å². The normalized spacial score (nSPS) is 10.6. The molecule has 4 N–H and O–H groups in total. The number of halogens is 1. The van der Waals surface area contributed by atoms with Gasteiger partial charge in [0.05, 0.1) is 17.7 Å². The van der Waals surface area contributed by atoms with Crippen LogP contribution in [0, 0.1) is 0 Å². The van der Waals surface area contributed by atoms with Crippen molar-refractivity contribution >= 4 is 27.7 Å². The molecule has 2 rings (SSSR count). The molecule has 0 saturated carbocycles. The van der Waals surface area contributed by atoms with E-state index in [-0.39, 0.29) is 11.5 Å². The molecule has 0 aliphatic rings. The summed E-state index contributed by atoms with van der Waals surface area (Å²) in [5, 5.41) is 12.7. The summed E-state index contributed by atoms with van der Waals surface area (Å²) in [5.41, 5.74) is 6.48. The lowest BCUT2D eigenvalue weighted by molar-refractivity contribution is 0.0944. The monoisotopic (exact) mass is 427 g/mol. The summed E-state index contributed by atoms with van der Waals surface area (Å²) in [7, 11) is 0. The number of carbonyl (C=O) groups excluding carboxylic acids is 1. The van der Waals surface area contributed by atoms with Crippen molar-refractivity contribution in [2.24, 2.45) is 0 Å². The summed E-state index contributed by atoms with van der Waals surface area (Å²) >= 11 is 3.52. The molecule has 0 aliphatic heterocycles. The van der Waals surface area contributed by atoms with Crippen LogP contribution in [0.4, 0.5) is 5.82 Å². The highest BCUT2D eigenvalue weighted by Gasteiger charge is 2.15. The predicted octanol–water partition coefficient (Wildman–Crippen LogP) is 1.73. The van der Waals surface area contributed by atoms with E-state index in [1.54, 1.807) is 0 Å². The lowest BCUT2D eigenvalue weighted by Gasteiger charge is -2.15. The fourth-order valence-electron chi connectivity index (χ4n) is 2.20. The van der Waals surface area contributed by atoms with Crippen molar-refractivity contribution in [2.45, 2.75) is 20.4 Å². The van der Waals surface area contributed by atoms with Gasteiger partial charge in [0.25, 0.3) is 5.91 Å². The molecule has 26 heavy (non-hydrogen) atoms. The van der Waals surface area contributed by atoms with Gasteiger partial charge < -0.3 is 25.8 Å². The van der Waals surface area contributed by atoms with Crippen LogP contribution in [-0.2, 0) is 6.54 Å². The van der Waals surface area contributed by atoms with Crippen LogP contribution in [0.25, 0.3) is 0 Å². The largest absolute Gasteiger partial charge is 0.490 e. The lowest BCUT2D eigenvalue weighted by Crippen LogP contribution is -2.32. The van der Waals surface area contributed by atoms with Gasteiger partial charge in [0, 0.05) is 19.6 Å². The van der Waals surface area contributed by atoms with Crippen molar-refractivity contribution in [1.82, 2.24) is 20.9 Å². The molecule has 142 valence electrons. The number of nitrogens with zero attached hydrogens (tertiary/aromatic N) is 2. The van der Waals surface area contributed by atoms with E-state index in [1.165, 1.54) is 0 Å². The first-order chi connectivity index (χ1) is 12.6. The van der Waals surface area contributed by atoms with Gasteiger partial charge in [-0.25, -0.2) is 4.63 Å². The zero-order valence-corrected chi connectivity index (χ0v) is 16.3. The van der Waals surface area contributed by atoms with E-state index in [0.29, 0.717) is 44.3 Å². The topological polar surface area (TPSA) is 125 Å². The first-order valence-corrected chi connectivity index (χ1v) is 9.01. The molecular formula is C16H22BrN5O4. The number of aromatic nitrogens is 2. The van der Waals surface area contributed by atoms with Gasteiger partial charge in [-0.1, -0.05) is 0 Å². The van der Waals surface area contributed by atoms with Gasteiger partial charge in [0.15, 0.2) is 11.5 Å². The molecule has 0 spiro atoms. The summed E-state index contributed by atoms with van der Waals surface area (Å²) < 4.78 is 16.5. The van der Waals surface area contributed by atoms with Crippen molar-refractivity contribution in [3.63, 3.8) is 0 Å². The summed E-state index contributed by atoms with van der Waals surface area (Å²) in [5.74, 6) is 0.943. The number of nitrogens with two attached hydrogens (primary N) is 1. The Balaban J connectivity index is 1.83. The summed E-state index contributed by atoms with van der Waals surface area (Å²) in [4.78, 5) is 11.8. The Morgan fingerprint density at radius 2 is 2.00 bits per heavy atom. The SMILES string of the molecule is CCOc1cc(CNCCNC(=O)c2nonc2N)cc(Br)c1OCC. The average Bonchev–Trinajstić information content (AvgIpc) is 3.04. The van der Waals surface area contributed by atoms with Crippen molar-refractivity contribution in [2.75, 3.05) is 32.0 Å². The van der Waals surface area contributed by atoms with Crippen LogP contribution in [0.5, 0.6) is 11.5 Å². The zero-order chi connectivity index (χ0) is 18.9. The van der Waals surface area contributed by atoms with Gasteiger partial charge in [-0.05, 0) is 57.8 Å². The Kier molecular flexibility index (Phi) is 7.67. The summed E-state index contributed by atoms with van der Waals surface area (Å²) in [6, 6.07) is 3.91. The number of anilines is 1. The third-order valence-corrected chi connectivity index (χ3v) is 3.89. The van der Waals surface area contributed by atoms with E-state index >= 15 is 0 Å². The Bertz CT molecular complexity index is 737. The molecule has 1 amide bonds. The summed E-state index contributed by atoms with van der Waals surface area (Å²) in [6.45, 7) is 6.53. The number of ether oxygens (including phenoxy) is 2. The molecule has 0 fully saturated rings.